The predicted octanol–water partition coefficient (Wildman–Crippen LogP) is 3.03. The number of morpholine rings is 1. The van der Waals surface area contributed by atoms with E-state index in [0.717, 1.165) is 58.2 Å². The van der Waals surface area contributed by atoms with E-state index in [2.05, 4.69) is 15.5 Å². The van der Waals surface area contributed by atoms with Crippen LogP contribution in [-0.2, 0) is 9.47 Å². The van der Waals surface area contributed by atoms with Gasteiger partial charge in [0.15, 0.2) is 5.11 Å². The minimum absolute atomic E-state index is 0.348. The molecule has 0 spiro atoms. The zero-order valence-electron chi connectivity index (χ0n) is 15.0. The van der Waals surface area contributed by atoms with Gasteiger partial charge in [-0.2, -0.15) is 8.78 Å². The Bertz CT molecular complexity index is 595. The molecular formula is C18H25F2N3O2S2. The van der Waals surface area contributed by atoms with E-state index < -0.39 is 5.76 Å². The van der Waals surface area contributed by atoms with Crippen molar-refractivity contribution in [2.24, 2.45) is 5.92 Å². The summed E-state index contributed by atoms with van der Waals surface area (Å²) in [5, 5.41) is 6.96. The van der Waals surface area contributed by atoms with Crippen molar-refractivity contribution in [3.05, 3.63) is 24.3 Å². The quantitative estimate of drug-likeness (QED) is 0.522. The highest BCUT2D eigenvalue weighted by Gasteiger charge is 2.31. The summed E-state index contributed by atoms with van der Waals surface area (Å²) in [5.41, 5.74) is 0.776. The Labute approximate surface area is 168 Å². The second-order valence-corrected chi connectivity index (χ2v) is 8.05. The van der Waals surface area contributed by atoms with Crippen molar-refractivity contribution in [3.63, 3.8) is 0 Å². The van der Waals surface area contributed by atoms with Crippen molar-refractivity contribution in [1.29, 1.82) is 0 Å². The van der Waals surface area contributed by atoms with E-state index in [9.17, 15) is 8.78 Å². The van der Waals surface area contributed by atoms with Gasteiger partial charge in [0.2, 0.25) is 0 Å². The topological polar surface area (TPSA) is 45.8 Å². The molecule has 2 atom stereocenters. The molecule has 0 amide bonds. The average molecular weight is 418 g/mol. The number of benzene rings is 1. The molecule has 0 saturated carbocycles. The zero-order valence-corrected chi connectivity index (χ0v) is 16.7. The van der Waals surface area contributed by atoms with Crippen LogP contribution >= 0.6 is 24.0 Å². The van der Waals surface area contributed by atoms with E-state index in [1.165, 1.54) is 0 Å². The maximum atomic E-state index is 12.4. The Hall–Kier alpha value is -1.00. The second-order valence-electron chi connectivity index (χ2n) is 6.58. The first-order valence-electron chi connectivity index (χ1n) is 9.11. The van der Waals surface area contributed by atoms with Gasteiger partial charge in [-0.05, 0) is 42.9 Å². The molecule has 150 valence electrons. The molecule has 2 saturated heterocycles. The van der Waals surface area contributed by atoms with Crippen LogP contribution in [0.1, 0.15) is 6.42 Å². The number of thiocarbonyl (C=S) groups is 1. The number of halogens is 2. The second kappa shape index (κ2) is 10.5. The Morgan fingerprint density at radius 2 is 1.93 bits per heavy atom. The summed E-state index contributed by atoms with van der Waals surface area (Å²) in [5.74, 6) is -1.92. The fraction of sp³-hybridized carbons (Fsp3) is 0.611. The van der Waals surface area contributed by atoms with Crippen LogP contribution in [0.4, 0.5) is 14.5 Å². The molecule has 0 aliphatic carbocycles. The number of ether oxygens (including phenoxy) is 2. The fourth-order valence-electron chi connectivity index (χ4n) is 3.45. The molecule has 5 nitrogen and oxygen atoms in total. The summed E-state index contributed by atoms with van der Waals surface area (Å²) in [6, 6.07) is 7.18. The molecular weight excluding hydrogens is 392 g/mol. The molecule has 2 aliphatic heterocycles. The molecule has 2 fully saturated rings. The van der Waals surface area contributed by atoms with Gasteiger partial charge in [0.1, 0.15) is 0 Å². The highest BCUT2D eigenvalue weighted by atomic mass is 32.2. The molecule has 9 heteroatoms. The maximum Gasteiger partial charge on any atom is 0.288 e. The molecule has 2 heterocycles. The van der Waals surface area contributed by atoms with Crippen molar-refractivity contribution in [1.82, 2.24) is 10.2 Å². The summed E-state index contributed by atoms with van der Waals surface area (Å²) in [6.07, 6.45) is 1.06. The molecule has 0 bridgehead atoms. The predicted molar refractivity (Wildman–Crippen MR) is 108 cm³/mol. The van der Waals surface area contributed by atoms with Gasteiger partial charge in [-0.3, -0.25) is 4.90 Å². The number of hydrogen-bond donors (Lipinski definition) is 2. The summed E-state index contributed by atoms with van der Waals surface area (Å²) < 4.78 is 35.8. The smallest absolute Gasteiger partial charge is 0.288 e. The van der Waals surface area contributed by atoms with Gasteiger partial charge in [0.05, 0.1) is 19.8 Å². The molecule has 3 rings (SSSR count). The lowest BCUT2D eigenvalue weighted by molar-refractivity contribution is 0.00255. The van der Waals surface area contributed by atoms with Crippen LogP contribution in [0.3, 0.4) is 0 Å². The first-order valence-corrected chi connectivity index (χ1v) is 10.4. The third-order valence-corrected chi connectivity index (χ3v) is 5.80. The lowest BCUT2D eigenvalue weighted by Gasteiger charge is -2.37. The molecule has 27 heavy (non-hydrogen) atoms. The number of hydrogen-bond acceptors (Lipinski definition) is 5. The standard InChI is InChI=1S/C18H25F2N3O2S2/c19-17(20)27-15-3-1-14(2-4-15)22-18(26)21-11-16(13-5-8-25-12-13)23-6-9-24-10-7-23/h1-4,13,16-17H,5-12H2,(H2,21,22,26)/t13-,16-/m1/s1. The molecule has 0 unspecified atom stereocenters. The van der Waals surface area contributed by atoms with Crippen LogP contribution in [-0.4, -0.2) is 67.9 Å². The van der Waals surface area contributed by atoms with E-state index in [1.807, 2.05) is 0 Å². The molecule has 2 aliphatic rings. The van der Waals surface area contributed by atoms with Crippen LogP contribution in [0, 0.1) is 5.92 Å². The number of anilines is 1. The SMILES string of the molecule is FC(F)Sc1ccc(NC(=S)NC[C@H]([C@@H]2CCOC2)N2CCOCC2)cc1. The van der Waals surface area contributed by atoms with Gasteiger partial charge >= 0.3 is 0 Å². The third kappa shape index (κ3) is 6.53. The number of rotatable bonds is 7. The van der Waals surface area contributed by atoms with Gasteiger partial charge < -0.3 is 20.1 Å². The van der Waals surface area contributed by atoms with Crippen molar-refractivity contribution < 1.29 is 18.3 Å². The van der Waals surface area contributed by atoms with E-state index >= 15 is 0 Å². The minimum Gasteiger partial charge on any atom is -0.381 e. The van der Waals surface area contributed by atoms with E-state index in [1.54, 1.807) is 24.3 Å². The fourth-order valence-corrected chi connectivity index (χ4v) is 4.15. The summed E-state index contributed by atoms with van der Waals surface area (Å²) in [4.78, 5) is 2.98. The van der Waals surface area contributed by atoms with Gasteiger partial charge in [0.25, 0.3) is 5.76 Å². The lowest BCUT2D eigenvalue weighted by atomic mass is 9.97. The largest absolute Gasteiger partial charge is 0.381 e. The van der Waals surface area contributed by atoms with Gasteiger partial charge in [-0.25, -0.2) is 0 Å². The third-order valence-electron chi connectivity index (χ3n) is 4.83. The number of alkyl halides is 2. The van der Waals surface area contributed by atoms with Crippen LogP contribution < -0.4 is 10.6 Å². The normalized spacial score (nSPS) is 22.0. The highest BCUT2D eigenvalue weighted by Crippen LogP contribution is 2.26. The van der Waals surface area contributed by atoms with Crippen LogP contribution in [0.5, 0.6) is 0 Å². The van der Waals surface area contributed by atoms with Crippen molar-refractivity contribution >= 4 is 34.8 Å². The van der Waals surface area contributed by atoms with Crippen molar-refractivity contribution in [3.8, 4) is 0 Å². The molecule has 0 aromatic heterocycles. The van der Waals surface area contributed by atoms with E-state index in [-0.39, 0.29) is 0 Å². The van der Waals surface area contributed by atoms with E-state index in [0.29, 0.717) is 33.7 Å². The molecule has 1 aromatic rings. The number of nitrogens with zero attached hydrogens (tertiary/aromatic N) is 1. The Kier molecular flexibility index (Phi) is 8.07. The van der Waals surface area contributed by atoms with Gasteiger partial charge in [-0.15, -0.1) is 0 Å². The first-order chi connectivity index (χ1) is 13.1. The number of nitrogens with one attached hydrogen (secondary N) is 2. The molecule has 0 radical (unpaired) electrons. The summed E-state index contributed by atoms with van der Waals surface area (Å²) >= 11 is 5.94. The van der Waals surface area contributed by atoms with Gasteiger partial charge in [-0.1, -0.05) is 11.8 Å². The Morgan fingerprint density at radius 1 is 1.19 bits per heavy atom. The Morgan fingerprint density at radius 3 is 2.56 bits per heavy atom. The molecule has 1 aromatic carbocycles. The lowest BCUT2D eigenvalue weighted by Crippen LogP contribution is -2.52. The van der Waals surface area contributed by atoms with Gasteiger partial charge in [0, 0.05) is 48.8 Å². The van der Waals surface area contributed by atoms with Crippen molar-refractivity contribution in [2.75, 3.05) is 51.4 Å². The monoisotopic (exact) mass is 417 g/mol. The van der Waals surface area contributed by atoms with Crippen LogP contribution in [0.15, 0.2) is 29.2 Å². The zero-order chi connectivity index (χ0) is 19.1. The maximum absolute atomic E-state index is 12.4. The Balaban J connectivity index is 1.50. The van der Waals surface area contributed by atoms with E-state index in [4.69, 9.17) is 21.7 Å². The van der Waals surface area contributed by atoms with Crippen LogP contribution in [0.25, 0.3) is 0 Å². The number of thioether (sulfide) groups is 1. The highest BCUT2D eigenvalue weighted by molar-refractivity contribution is 7.99. The summed E-state index contributed by atoms with van der Waals surface area (Å²) in [7, 11) is 0. The minimum atomic E-state index is -2.41. The first kappa shape index (κ1) is 20.7. The van der Waals surface area contributed by atoms with Crippen LogP contribution in [0.2, 0.25) is 0 Å². The average Bonchev–Trinajstić information content (AvgIpc) is 3.18. The molecule has 2 N–H and O–H groups in total. The summed E-state index contributed by atoms with van der Waals surface area (Å²) in [6.45, 7) is 5.70. The van der Waals surface area contributed by atoms with Crippen molar-refractivity contribution in [2.45, 2.75) is 23.1 Å².